The smallest absolute Gasteiger partial charge is 0.226 e. The van der Waals surface area contributed by atoms with Crippen LogP contribution in [0.5, 0.6) is 0 Å². The lowest BCUT2D eigenvalue weighted by Crippen LogP contribution is -2.48. The first-order valence-corrected chi connectivity index (χ1v) is 9.69. The summed E-state index contributed by atoms with van der Waals surface area (Å²) in [7, 11) is 0. The first-order valence-electron chi connectivity index (χ1n) is 9.69. The molecule has 26 heavy (non-hydrogen) atoms. The first-order chi connectivity index (χ1) is 12.8. The number of hydrogen-bond donors (Lipinski definition) is 1. The topological polar surface area (TPSA) is 78.7 Å². The molecule has 0 bridgehead atoms. The number of hydrogen-bond acceptors (Lipinski definition) is 6. The molecule has 0 radical (unpaired) electrons. The minimum Gasteiger partial charge on any atom is -0.355 e. The van der Waals surface area contributed by atoms with Crippen molar-refractivity contribution in [2.75, 3.05) is 37.6 Å². The maximum absolute atomic E-state index is 13.1. The van der Waals surface area contributed by atoms with Crippen LogP contribution in [0.15, 0.2) is 18.5 Å². The molecule has 2 aromatic heterocycles. The first kappa shape index (κ1) is 17.2. The second kappa shape index (κ2) is 7.57. The number of nitrogens with one attached hydrogen (secondary N) is 1. The highest BCUT2D eigenvalue weighted by molar-refractivity contribution is 5.79. The predicted molar refractivity (Wildman–Crippen MR) is 99.0 cm³/mol. The van der Waals surface area contributed by atoms with Gasteiger partial charge in [-0.2, -0.15) is 4.52 Å². The van der Waals surface area contributed by atoms with E-state index < -0.39 is 0 Å². The van der Waals surface area contributed by atoms with Crippen molar-refractivity contribution < 1.29 is 4.79 Å². The van der Waals surface area contributed by atoms with Gasteiger partial charge in [0.2, 0.25) is 5.91 Å². The van der Waals surface area contributed by atoms with Gasteiger partial charge in [-0.1, -0.05) is 6.92 Å². The van der Waals surface area contributed by atoms with Crippen molar-refractivity contribution in [3.63, 3.8) is 0 Å². The number of rotatable bonds is 5. The summed E-state index contributed by atoms with van der Waals surface area (Å²) < 4.78 is 1.70. The summed E-state index contributed by atoms with van der Waals surface area (Å²) in [4.78, 5) is 17.5. The largest absolute Gasteiger partial charge is 0.355 e. The molecule has 2 aromatic rings. The van der Waals surface area contributed by atoms with Crippen LogP contribution in [0.4, 0.5) is 5.82 Å². The molecule has 8 heteroatoms. The van der Waals surface area contributed by atoms with E-state index in [0.29, 0.717) is 11.9 Å². The standard InChI is InChI=1S/C18H27N7O/c1-2-9-24(15-5-8-19-12-15)18(26)14-6-10-23(11-7-14)17-4-3-16-21-20-13-25(16)22-17/h3-4,13-15,19H,2,5-12H2,1H3. The molecule has 140 valence electrons. The fourth-order valence-corrected chi connectivity index (χ4v) is 4.10. The van der Waals surface area contributed by atoms with Gasteiger partial charge in [-0.05, 0) is 44.4 Å². The highest BCUT2D eigenvalue weighted by Crippen LogP contribution is 2.25. The number of carbonyl (C=O) groups excluding carboxylic acids is 1. The van der Waals surface area contributed by atoms with Crippen molar-refractivity contribution in [2.24, 2.45) is 5.92 Å². The number of fused-ring (bicyclic) bond motifs is 1. The van der Waals surface area contributed by atoms with Crippen molar-refractivity contribution in [3.8, 4) is 0 Å². The molecule has 4 heterocycles. The van der Waals surface area contributed by atoms with Gasteiger partial charge >= 0.3 is 0 Å². The molecule has 0 spiro atoms. The lowest BCUT2D eigenvalue weighted by atomic mass is 9.94. The minimum atomic E-state index is 0.136. The number of aromatic nitrogens is 4. The Kier molecular flexibility index (Phi) is 5.01. The van der Waals surface area contributed by atoms with E-state index in [9.17, 15) is 4.79 Å². The minimum absolute atomic E-state index is 0.136. The Hall–Kier alpha value is -2.22. The fourth-order valence-electron chi connectivity index (χ4n) is 4.10. The maximum Gasteiger partial charge on any atom is 0.226 e. The summed E-state index contributed by atoms with van der Waals surface area (Å²) in [6, 6.07) is 4.29. The van der Waals surface area contributed by atoms with Crippen LogP contribution in [-0.2, 0) is 4.79 Å². The Morgan fingerprint density at radius 1 is 1.31 bits per heavy atom. The third-order valence-electron chi connectivity index (χ3n) is 5.54. The van der Waals surface area contributed by atoms with E-state index in [1.165, 1.54) is 0 Å². The Labute approximate surface area is 153 Å². The third-order valence-corrected chi connectivity index (χ3v) is 5.54. The van der Waals surface area contributed by atoms with Crippen LogP contribution in [0.25, 0.3) is 5.65 Å². The van der Waals surface area contributed by atoms with E-state index in [1.54, 1.807) is 10.8 Å². The molecule has 8 nitrogen and oxygen atoms in total. The summed E-state index contributed by atoms with van der Waals surface area (Å²) in [5.74, 6) is 1.41. The van der Waals surface area contributed by atoms with E-state index in [0.717, 1.165) is 69.9 Å². The molecule has 1 amide bonds. The van der Waals surface area contributed by atoms with Crippen LogP contribution in [-0.4, -0.2) is 69.4 Å². The molecular formula is C18H27N7O. The lowest BCUT2D eigenvalue weighted by Gasteiger charge is -2.36. The molecule has 2 aliphatic heterocycles. The SMILES string of the molecule is CCCN(C(=O)C1CCN(c2ccc3nncn3n2)CC1)C1CCNC1. The Morgan fingerprint density at radius 2 is 2.15 bits per heavy atom. The molecule has 1 unspecified atom stereocenters. The van der Waals surface area contributed by atoms with Gasteiger partial charge in [-0.15, -0.1) is 15.3 Å². The van der Waals surface area contributed by atoms with Gasteiger partial charge in [0.1, 0.15) is 12.1 Å². The number of amides is 1. The molecule has 0 aromatic carbocycles. The summed E-state index contributed by atoms with van der Waals surface area (Å²) in [6.45, 7) is 6.70. The van der Waals surface area contributed by atoms with Gasteiger partial charge < -0.3 is 15.1 Å². The number of piperidine rings is 1. The lowest BCUT2D eigenvalue weighted by molar-refractivity contribution is -0.138. The van der Waals surface area contributed by atoms with Crippen molar-refractivity contribution in [2.45, 2.75) is 38.6 Å². The summed E-state index contributed by atoms with van der Waals surface area (Å²) in [5.41, 5.74) is 0.749. The van der Waals surface area contributed by atoms with Crippen LogP contribution < -0.4 is 10.2 Å². The monoisotopic (exact) mass is 357 g/mol. The maximum atomic E-state index is 13.1. The number of nitrogens with zero attached hydrogens (tertiary/aromatic N) is 6. The zero-order chi connectivity index (χ0) is 17.9. The van der Waals surface area contributed by atoms with E-state index in [2.05, 4.69) is 37.3 Å². The van der Waals surface area contributed by atoms with Crippen LogP contribution >= 0.6 is 0 Å². The van der Waals surface area contributed by atoms with E-state index in [-0.39, 0.29) is 5.92 Å². The van der Waals surface area contributed by atoms with Gasteiger partial charge in [0.05, 0.1) is 0 Å². The highest BCUT2D eigenvalue weighted by Gasteiger charge is 2.33. The Balaban J connectivity index is 1.39. The highest BCUT2D eigenvalue weighted by atomic mass is 16.2. The van der Waals surface area contributed by atoms with Crippen molar-refractivity contribution in [1.29, 1.82) is 0 Å². The zero-order valence-corrected chi connectivity index (χ0v) is 15.3. The second-order valence-electron chi connectivity index (χ2n) is 7.26. The van der Waals surface area contributed by atoms with Crippen LogP contribution in [0.3, 0.4) is 0 Å². The van der Waals surface area contributed by atoms with Crippen molar-refractivity contribution in [1.82, 2.24) is 30.0 Å². The number of anilines is 1. The predicted octanol–water partition coefficient (Wildman–Crippen LogP) is 0.941. The normalized spacial score (nSPS) is 21.4. The molecule has 4 rings (SSSR count). The van der Waals surface area contributed by atoms with Crippen LogP contribution in [0.1, 0.15) is 32.6 Å². The van der Waals surface area contributed by atoms with Gasteiger partial charge in [0.15, 0.2) is 5.65 Å². The summed E-state index contributed by atoms with van der Waals surface area (Å²) >= 11 is 0. The van der Waals surface area contributed by atoms with Gasteiger partial charge in [0.25, 0.3) is 0 Å². The third kappa shape index (κ3) is 3.38. The molecule has 2 fully saturated rings. The van der Waals surface area contributed by atoms with Crippen LogP contribution in [0, 0.1) is 5.92 Å². The zero-order valence-electron chi connectivity index (χ0n) is 15.3. The molecular weight excluding hydrogens is 330 g/mol. The quantitative estimate of drug-likeness (QED) is 0.858. The summed E-state index contributed by atoms with van der Waals surface area (Å²) in [6.07, 6.45) is 5.49. The Bertz CT molecular complexity index is 747. The number of carbonyl (C=O) groups is 1. The van der Waals surface area contributed by atoms with Crippen molar-refractivity contribution >= 4 is 17.4 Å². The Morgan fingerprint density at radius 3 is 2.88 bits per heavy atom. The molecule has 1 atom stereocenters. The average Bonchev–Trinajstić information content (AvgIpc) is 3.36. The fraction of sp³-hybridized carbons (Fsp3) is 0.667. The van der Waals surface area contributed by atoms with Gasteiger partial charge in [-0.3, -0.25) is 4.79 Å². The molecule has 0 aliphatic carbocycles. The molecule has 1 N–H and O–H groups in total. The van der Waals surface area contributed by atoms with E-state index >= 15 is 0 Å². The second-order valence-corrected chi connectivity index (χ2v) is 7.26. The van der Waals surface area contributed by atoms with E-state index in [4.69, 9.17) is 0 Å². The molecule has 2 saturated heterocycles. The van der Waals surface area contributed by atoms with Gasteiger partial charge in [-0.25, -0.2) is 0 Å². The molecule has 0 saturated carbocycles. The van der Waals surface area contributed by atoms with Gasteiger partial charge in [0, 0.05) is 38.1 Å². The average molecular weight is 357 g/mol. The van der Waals surface area contributed by atoms with Crippen LogP contribution in [0.2, 0.25) is 0 Å². The van der Waals surface area contributed by atoms with E-state index in [1.807, 2.05) is 12.1 Å². The van der Waals surface area contributed by atoms with Crippen molar-refractivity contribution in [3.05, 3.63) is 18.5 Å². The summed E-state index contributed by atoms with van der Waals surface area (Å²) in [5, 5.41) is 15.8. The molecule has 2 aliphatic rings.